The van der Waals surface area contributed by atoms with Gasteiger partial charge < -0.3 is 8.80 Å². The normalized spacial score (nSPS) is 12.4. The van der Waals surface area contributed by atoms with Gasteiger partial charge in [0.25, 0.3) is 6.33 Å². The third-order valence-corrected chi connectivity index (χ3v) is 14.1. The predicted molar refractivity (Wildman–Crippen MR) is 275 cm³/mol. The Hall–Kier alpha value is -6.43. The van der Waals surface area contributed by atoms with Crippen LogP contribution in [0.1, 0.15) is 101 Å². The van der Waals surface area contributed by atoms with Crippen LogP contribution < -0.4 is 4.57 Å². The first kappa shape index (κ1) is 42.2. The van der Waals surface area contributed by atoms with Crippen LogP contribution in [0.15, 0.2) is 152 Å². The fourth-order valence-corrected chi connectivity index (χ4v) is 11.2. The standard InChI is InChI=1S/C31H38N2.C30H15N2.Au/c1-20(2)24-13-11-14-25(21(3)4)30(24)32-19-33(29-18-10-9-17-28(29)32)31-26(22(5)6)15-12-16-27(31)23(7)8;1-3-13-25-17(7-1)19-9-5-11-21-23-16-28-24(15-27(23)31(25)29(19)21)22-12-6-10-20-18-8-2-4-14-26(18)32(28)30(20)22;/h9-18,20-23H,1-8H3;1-15H;/q;-1;. The van der Waals surface area contributed by atoms with Gasteiger partial charge >= 0.3 is 0 Å². The van der Waals surface area contributed by atoms with E-state index in [-0.39, 0.29) is 22.4 Å². The fraction of sp³-hybridized carbons (Fsp3) is 0.197. The Labute approximate surface area is 401 Å². The molecule has 66 heavy (non-hydrogen) atoms. The molecule has 0 saturated heterocycles. The molecule has 0 bridgehead atoms. The topological polar surface area (TPSA) is 17.6 Å². The molecular weight excluding hydrogens is 986 g/mol. The molecule has 13 aromatic rings. The number of nitrogens with zero attached hydrogens (tertiary/aromatic N) is 4. The third kappa shape index (κ3) is 6.05. The summed E-state index contributed by atoms with van der Waals surface area (Å²) >= 11 is 0. The van der Waals surface area contributed by atoms with Crippen LogP contribution in [0.4, 0.5) is 0 Å². The van der Waals surface area contributed by atoms with Crippen molar-refractivity contribution in [2.24, 2.45) is 0 Å². The summed E-state index contributed by atoms with van der Waals surface area (Å²) in [6, 6.07) is 59.4. The van der Waals surface area contributed by atoms with Crippen molar-refractivity contribution in [1.82, 2.24) is 13.4 Å². The summed E-state index contributed by atoms with van der Waals surface area (Å²) in [6.07, 6.45) is 3.84. The van der Waals surface area contributed by atoms with Crippen molar-refractivity contribution < 1.29 is 26.9 Å². The minimum Gasteiger partial charge on any atom is -0.358 e. The largest absolute Gasteiger partial charge is 0.358 e. The molecule has 5 heteroatoms. The van der Waals surface area contributed by atoms with Gasteiger partial charge in [-0.2, -0.15) is 0 Å². The van der Waals surface area contributed by atoms with Gasteiger partial charge in [0.05, 0.1) is 33.4 Å². The summed E-state index contributed by atoms with van der Waals surface area (Å²) in [5, 5.41) is 10.3. The van der Waals surface area contributed by atoms with E-state index in [1.807, 2.05) is 0 Å². The van der Waals surface area contributed by atoms with Gasteiger partial charge in [-0.3, -0.25) is 9.13 Å². The van der Waals surface area contributed by atoms with E-state index in [1.165, 1.54) is 121 Å². The number of benzene rings is 8. The quantitative estimate of drug-likeness (QED) is 0.0897. The van der Waals surface area contributed by atoms with Gasteiger partial charge in [0.2, 0.25) is 0 Å². The summed E-state index contributed by atoms with van der Waals surface area (Å²) in [4.78, 5) is 0. The predicted octanol–water partition coefficient (Wildman–Crippen LogP) is 16.0. The van der Waals surface area contributed by atoms with E-state index in [9.17, 15) is 0 Å². The van der Waals surface area contributed by atoms with Crippen molar-refractivity contribution in [3.05, 3.63) is 186 Å². The summed E-state index contributed by atoms with van der Waals surface area (Å²) in [5.41, 5.74) is 18.0. The van der Waals surface area contributed by atoms with E-state index in [1.54, 1.807) is 0 Å². The van der Waals surface area contributed by atoms with Crippen LogP contribution in [0.2, 0.25) is 0 Å². The summed E-state index contributed by atoms with van der Waals surface area (Å²) < 4.78 is 9.50. The molecule has 0 fully saturated rings. The molecule has 4 nitrogen and oxygen atoms in total. The minimum atomic E-state index is 0. The smallest absolute Gasteiger partial charge is 0.269 e. The zero-order valence-corrected chi connectivity index (χ0v) is 41.0. The molecule has 0 amide bonds. The molecule has 13 rings (SSSR count). The molecule has 0 aliphatic carbocycles. The molecule has 5 heterocycles. The first-order valence-electron chi connectivity index (χ1n) is 23.5. The maximum atomic E-state index is 3.89. The Kier molecular flexibility index (Phi) is 10.2. The van der Waals surface area contributed by atoms with Crippen LogP contribution in [-0.2, 0) is 22.4 Å². The Morgan fingerprint density at radius 3 is 1.42 bits per heavy atom. The summed E-state index contributed by atoms with van der Waals surface area (Å²) in [6.45, 7) is 18.3. The molecule has 0 saturated carbocycles. The number of imidazole rings is 1. The number of hydrogen-bond acceptors (Lipinski definition) is 0. The molecule has 0 spiro atoms. The molecule has 5 aromatic heterocycles. The number of rotatable bonds is 6. The SMILES string of the molecule is CC(C)c1cccc(C(C)C)c1-n1[c-][n+](-c2c(C(C)C)cccc2C(C)C)c2ccccc21.[Au].[c-]1c2c3cccc4c5ccccc5n(c2cc2c5cccc6c7ccccc7n(c12)c56)c34. The Balaban J connectivity index is 0.000000144. The third-order valence-electron chi connectivity index (χ3n) is 14.1. The zero-order chi connectivity index (χ0) is 44.4. The number of hydrogen-bond donors (Lipinski definition) is 0. The van der Waals surface area contributed by atoms with E-state index in [4.69, 9.17) is 0 Å². The van der Waals surface area contributed by atoms with E-state index in [2.05, 4.69) is 237 Å². The monoisotopic (exact) mass is 1040 g/mol. The average molecular weight is 1040 g/mol. The zero-order valence-electron chi connectivity index (χ0n) is 38.8. The second kappa shape index (κ2) is 15.9. The molecule has 1 radical (unpaired) electrons. The van der Waals surface area contributed by atoms with Gasteiger partial charge in [-0.15, -0.1) is 17.5 Å². The second-order valence-electron chi connectivity index (χ2n) is 19.3. The van der Waals surface area contributed by atoms with Gasteiger partial charge in [0.15, 0.2) is 0 Å². The Bertz CT molecular complexity index is 3660. The minimum absolute atomic E-state index is 0. The van der Waals surface area contributed by atoms with E-state index in [0.717, 1.165) is 0 Å². The van der Waals surface area contributed by atoms with Gasteiger partial charge in [-0.25, -0.2) is 0 Å². The van der Waals surface area contributed by atoms with Crippen molar-refractivity contribution in [3.63, 3.8) is 0 Å². The van der Waals surface area contributed by atoms with Crippen molar-refractivity contribution in [3.8, 4) is 11.4 Å². The Morgan fingerprint density at radius 2 is 0.848 bits per heavy atom. The molecular formula is C61H53AuN4-. The van der Waals surface area contributed by atoms with Crippen molar-refractivity contribution >= 4 is 87.2 Å². The fourth-order valence-electron chi connectivity index (χ4n) is 11.2. The van der Waals surface area contributed by atoms with Gasteiger partial charge in [0.1, 0.15) is 0 Å². The second-order valence-corrected chi connectivity index (χ2v) is 19.3. The van der Waals surface area contributed by atoms with Crippen LogP contribution in [0.3, 0.4) is 0 Å². The van der Waals surface area contributed by atoms with Crippen LogP contribution in [0.5, 0.6) is 0 Å². The van der Waals surface area contributed by atoms with Gasteiger partial charge in [0, 0.05) is 49.6 Å². The van der Waals surface area contributed by atoms with Crippen molar-refractivity contribution in [2.75, 3.05) is 0 Å². The Morgan fingerprint density at radius 1 is 0.409 bits per heavy atom. The number of fused-ring (bicyclic) bond motifs is 13. The van der Waals surface area contributed by atoms with Gasteiger partial charge in [-0.1, -0.05) is 200 Å². The van der Waals surface area contributed by atoms with E-state index >= 15 is 0 Å². The maximum absolute atomic E-state index is 3.89. The maximum Gasteiger partial charge on any atom is 0.269 e. The van der Waals surface area contributed by atoms with Crippen LogP contribution in [0, 0.1) is 12.4 Å². The number of para-hydroxylation sites is 8. The molecule has 0 aliphatic heterocycles. The summed E-state index contributed by atoms with van der Waals surface area (Å²) in [5.74, 6) is 1.71. The number of aromatic nitrogens is 4. The van der Waals surface area contributed by atoms with Gasteiger partial charge in [-0.05, 0) is 79.9 Å². The average Bonchev–Trinajstić information content (AvgIpc) is 4.12. The van der Waals surface area contributed by atoms with Crippen molar-refractivity contribution in [2.45, 2.75) is 79.1 Å². The first-order valence-corrected chi connectivity index (χ1v) is 23.5. The first-order chi connectivity index (χ1) is 31.6. The van der Waals surface area contributed by atoms with Crippen LogP contribution in [-0.4, -0.2) is 13.4 Å². The van der Waals surface area contributed by atoms with Crippen LogP contribution in [0.25, 0.3) is 98.6 Å². The molecule has 0 atom stereocenters. The molecule has 0 aliphatic rings. The molecule has 0 unspecified atom stereocenters. The van der Waals surface area contributed by atoms with E-state index < -0.39 is 0 Å². The summed E-state index contributed by atoms with van der Waals surface area (Å²) in [7, 11) is 0. The van der Waals surface area contributed by atoms with Crippen LogP contribution >= 0.6 is 0 Å². The van der Waals surface area contributed by atoms with Crippen molar-refractivity contribution in [1.29, 1.82) is 0 Å². The molecule has 329 valence electrons. The van der Waals surface area contributed by atoms with E-state index in [0.29, 0.717) is 23.7 Å². The molecule has 8 aromatic carbocycles. The molecule has 0 N–H and O–H groups in total.